The summed E-state index contributed by atoms with van der Waals surface area (Å²) in [6.07, 6.45) is 10.5. The van der Waals surface area contributed by atoms with Gasteiger partial charge in [-0.05, 0) is 111 Å². The molecule has 7 N–H and O–H groups in total. The first-order valence-corrected chi connectivity index (χ1v) is 24.4. The molecule has 4 aromatic carbocycles. The maximum atomic E-state index is 11.4. The van der Waals surface area contributed by atoms with Gasteiger partial charge in [0.15, 0.2) is 0 Å². The number of carbonyl (C=O) groups is 1. The average Bonchev–Trinajstić information content (AvgIpc) is 4.17. The van der Waals surface area contributed by atoms with E-state index in [1.54, 1.807) is 24.3 Å². The molecule has 15 heteroatoms. The zero-order chi connectivity index (χ0) is 43.6. The Bertz CT molecular complexity index is 2330. The number of hydrogen-bond donors (Lipinski definition) is 4. The maximum Gasteiger partial charge on any atom is 0.238 e. The fourth-order valence-electron chi connectivity index (χ4n) is 8.07. The van der Waals surface area contributed by atoms with Crippen molar-refractivity contribution in [2.75, 3.05) is 26.2 Å². The Balaban J connectivity index is 0.000000225. The first-order chi connectivity index (χ1) is 29.1. The number of piperidine rings is 2. The molecule has 0 spiro atoms. The molecule has 8 rings (SSSR count). The molecule has 2 aliphatic carbocycles. The van der Waals surface area contributed by atoms with E-state index in [0.717, 1.165) is 69.7 Å². The smallest absolute Gasteiger partial charge is 0.238 e. The predicted molar refractivity (Wildman–Crippen MR) is 259 cm³/mol. The molecule has 11 nitrogen and oxygen atoms in total. The zero-order valence-corrected chi connectivity index (χ0v) is 39.5. The number of nitrogens with zero attached hydrogens (tertiary/aromatic N) is 2. The number of ketones is 1. The van der Waals surface area contributed by atoms with Gasteiger partial charge in [0.05, 0.1) is 9.79 Å². The summed E-state index contributed by atoms with van der Waals surface area (Å²) in [5.41, 5.74) is 13.4. The third kappa shape index (κ3) is 17.0. The van der Waals surface area contributed by atoms with Crippen LogP contribution in [0.4, 0.5) is 0 Å². The fraction of sp³-hybridized carbons (Fsp3) is 0.396. The van der Waals surface area contributed by atoms with Gasteiger partial charge < -0.3 is 11.1 Å². The zero-order valence-electron chi connectivity index (χ0n) is 36.2. The van der Waals surface area contributed by atoms with E-state index < -0.39 is 20.0 Å². The van der Waals surface area contributed by atoms with Gasteiger partial charge in [-0.25, -0.2) is 27.1 Å². The van der Waals surface area contributed by atoms with Crippen LogP contribution in [0.2, 0.25) is 0 Å². The quantitative estimate of drug-likeness (QED) is 0.115. The van der Waals surface area contributed by atoms with Gasteiger partial charge >= 0.3 is 0 Å². The number of halogens is 2. The summed E-state index contributed by atoms with van der Waals surface area (Å²) >= 11 is 0. The number of primary sulfonamides is 2. The fourth-order valence-corrected chi connectivity index (χ4v) is 9.10. The van der Waals surface area contributed by atoms with Gasteiger partial charge in [0.2, 0.25) is 20.0 Å². The average molecular weight is 940 g/mol. The first-order valence-electron chi connectivity index (χ1n) is 21.3. The lowest BCUT2D eigenvalue weighted by Crippen LogP contribution is -2.43. The number of rotatable bonds is 12. The van der Waals surface area contributed by atoms with Crippen LogP contribution in [-0.2, 0) is 37.9 Å². The van der Waals surface area contributed by atoms with Crippen LogP contribution in [0.15, 0.2) is 130 Å². The van der Waals surface area contributed by atoms with E-state index in [9.17, 15) is 21.6 Å². The van der Waals surface area contributed by atoms with Crippen molar-refractivity contribution in [3.8, 4) is 0 Å². The molecular weight excluding hydrogens is 876 g/mol. The van der Waals surface area contributed by atoms with E-state index in [1.807, 2.05) is 18.2 Å². The van der Waals surface area contributed by atoms with Crippen LogP contribution in [0.3, 0.4) is 0 Å². The highest BCUT2D eigenvalue weighted by Gasteiger charge is 2.39. The molecule has 0 aromatic heterocycles. The molecule has 2 saturated heterocycles. The van der Waals surface area contributed by atoms with Crippen molar-refractivity contribution in [3.63, 3.8) is 0 Å². The first kappa shape index (κ1) is 51.9. The summed E-state index contributed by atoms with van der Waals surface area (Å²) in [6, 6.07) is 36.0. The summed E-state index contributed by atoms with van der Waals surface area (Å²) in [5.74, 6) is 1.62. The van der Waals surface area contributed by atoms with Gasteiger partial charge in [-0.3, -0.25) is 14.6 Å². The van der Waals surface area contributed by atoms with Crippen LogP contribution in [0.1, 0.15) is 74.6 Å². The lowest BCUT2D eigenvalue weighted by Gasteiger charge is -2.32. The van der Waals surface area contributed by atoms with Crippen LogP contribution in [0.5, 0.6) is 0 Å². The van der Waals surface area contributed by atoms with Crippen molar-refractivity contribution in [1.82, 2.24) is 15.1 Å². The highest BCUT2D eigenvalue weighted by atomic mass is 35.5. The highest BCUT2D eigenvalue weighted by molar-refractivity contribution is 7.89. The van der Waals surface area contributed by atoms with Crippen molar-refractivity contribution in [2.24, 2.45) is 27.8 Å². The van der Waals surface area contributed by atoms with E-state index in [1.165, 1.54) is 40.8 Å². The molecule has 342 valence electrons. The van der Waals surface area contributed by atoms with Gasteiger partial charge in [-0.15, -0.1) is 24.8 Å². The van der Waals surface area contributed by atoms with Crippen LogP contribution in [0, 0.1) is 11.8 Å². The third-order valence-corrected chi connectivity index (χ3v) is 13.8. The van der Waals surface area contributed by atoms with Crippen molar-refractivity contribution < 1.29 is 21.6 Å². The van der Waals surface area contributed by atoms with E-state index in [2.05, 4.69) is 95.7 Å². The molecule has 2 heterocycles. The van der Waals surface area contributed by atoms with Crippen molar-refractivity contribution >= 4 is 62.8 Å². The molecule has 0 radical (unpaired) electrons. The van der Waals surface area contributed by atoms with E-state index in [0.29, 0.717) is 48.6 Å². The van der Waals surface area contributed by atoms with Crippen LogP contribution < -0.4 is 21.3 Å². The molecule has 2 aliphatic heterocycles. The Morgan fingerprint density at radius 1 is 0.619 bits per heavy atom. The van der Waals surface area contributed by atoms with Crippen molar-refractivity contribution in [2.45, 2.75) is 93.4 Å². The second kappa shape index (κ2) is 24.0. The molecule has 0 amide bonds. The van der Waals surface area contributed by atoms with Gasteiger partial charge in [-0.1, -0.05) is 108 Å². The SMILES string of the molecule is C/C(=C\c1ccccc1)[C@@H]1C[C@H]1N.C/C(=C\c1ccccc1)[C@@H]1C[C@H]1NC1CCN(Cc2ccc(S(N)(=O)=O)cc2)CC1.Cl.Cl.NS(=O)(=O)c1ccc(CN2CCC(=O)CC2)cc1. The summed E-state index contributed by atoms with van der Waals surface area (Å²) < 4.78 is 45.0. The van der Waals surface area contributed by atoms with Crippen LogP contribution in [0.25, 0.3) is 12.2 Å². The number of nitrogens with one attached hydrogen (secondary N) is 1. The number of sulfonamides is 2. The summed E-state index contributed by atoms with van der Waals surface area (Å²) in [7, 11) is -7.24. The number of benzene rings is 4. The standard InChI is InChI=1S/C24H31N3O2S.C12H16N2O3S.C12H15N.2ClH/c1-18(15-19-5-3-2-4-6-19)23-16-24(23)26-21-11-13-27(14-12-21)17-20-7-9-22(10-8-20)30(25,28)29;13-18(16,17)12-3-1-10(2-4-12)9-14-7-5-11(15)6-8-14;1-9(11-8-12(11)13)7-10-5-3-2-4-6-10;;/h2-10,15,21,23-24,26H,11-14,16-17H2,1H3,(H2,25,28,29);1-4H,5-9H2,(H2,13,16,17);2-7,11-12H,8,13H2,1H3;2*1H/b18-15+;;9-7+;;/t23-,24+;;11-,12+;;/m0.0../s1. The number of nitrogens with two attached hydrogens (primary N) is 3. The Kier molecular flexibility index (Phi) is 19.8. The van der Waals surface area contributed by atoms with Gasteiger partial charge in [0.25, 0.3) is 0 Å². The monoisotopic (exact) mass is 938 g/mol. The van der Waals surface area contributed by atoms with Crippen molar-refractivity contribution in [3.05, 3.63) is 143 Å². The summed E-state index contributed by atoms with van der Waals surface area (Å²) in [5, 5.41) is 14.1. The minimum Gasteiger partial charge on any atom is -0.327 e. The van der Waals surface area contributed by atoms with E-state index >= 15 is 0 Å². The second-order valence-corrected chi connectivity index (χ2v) is 20.1. The maximum absolute atomic E-state index is 11.4. The number of carbonyl (C=O) groups excluding carboxylic acids is 1. The highest BCUT2D eigenvalue weighted by Crippen LogP contribution is 2.39. The van der Waals surface area contributed by atoms with Gasteiger partial charge in [0, 0.05) is 57.1 Å². The minimum atomic E-state index is -3.62. The molecule has 0 unspecified atom stereocenters. The number of Topliss-reactive ketones (excluding diaryl/α,β-unsaturated/α-hetero) is 1. The largest absolute Gasteiger partial charge is 0.327 e. The van der Waals surface area contributed by atoms with Gasteiger partial charge in [-0.2, -0.15) is 0 Å². The van der Waals surface area contributed by atoms with E-state index in [-0.39, 0.29) is 34.6 Å². The Morgan fingerprint density at radius 2 is 1.02 bits per heavy atom. The third-order valence-electron chi connectivity index (χ3n) is 12.0. The number of hydrogen-bond acceptors (Lipinski definition) is 9. The summed E-state index contributed by atoms with van der Waals surface area (Å²) in [6.45, 7) is 9.68. The second-order valence-electron chi connectivity index (χ2n) is 17.0. The lowest BCUT2D eigenvalue weighted by molar-refractivity contribution is -0.121. The van der Waals surface area contributed by atoms with Gasteiger partial charge in [0.1, 0.15) is 5.78 Å². The Labute approximate surface area is 387 Å². The molecular formula is C48H64Cl2N6O5S2. The lowest BCUT2D eigenvalue weighted by atomic mass is 10.0. The Morgan fingerprint density at radius 3 is 1.41 bits per heavy atom. The molecule has 4 aliphatic rings. The van der Waals surface area contributed by atoms with E-state index in [4.69, 9.17) is 16.0 Å². The van der Waals surface area contributed by atoms with Crippen LogP contribution >= 0.6 is 24.8 Å². The van der Waals surface area contributed by atoms with Crippen molar-refractivity contribution in [1.29, 1.82) is 0 Å². The molecule has 2 saturated carbocycles. The summed E-state index contributed by atoms with van der Waals surface area (Å²) in [4.78, 5) is 16.0. The topological polar surface area (TPSA) is 182 Å². The molecule has 4 aromatic rings. The molecule has 4 atom stereocenters. The molecule has 4 fully saturated rings. The Hall–Kier alpha value is -3.73. The minimum absolute atomic E-state index is 0. The molecule has 63 heavy (non-hydrogen) atoms. The normalized spacial score (nSPS) is 22.0. The molecule has 0 bridgehead atoms. The number of likely N-dealkylation sites (tertiary alicyclic amines) is 2. The van der Waals surface area contributed by atoms with Crippen LogP contribution in [-0.4, -0.2) is 76.7 Å². The predicted octanol–water partition coefficient (Wildman–Crippen LogP) is 7.16.